The lowest BCUT2D eigenvalue weighted by molar-refractivity contribution is 0.422. The highest BCUT2D eigenvalue weighted by atomic mass is 16.3. The zero-order valence-electron chi connectivity index (χ0n) is 9.01. The lowest BCUT2D eigenvalue weighted by Gasteiger charge is -2.25. The Morgan fingerprint density at radius 3 is 2.50 bits per heavy atom. The summed E-state index contributed by atoms with van der Waals surface area (Å²) in [5.41, 5.74) is 2.61. The van der Waals surface area contributed by atoms with Crippen molar-refractivity contribution in [1.29, 1.82) is 0 Å². The number of aryl methyl sites for hydroxylation is 1. The van der Waals surface area contributed by atoms with E-state index >= 15 is 0 Å². The van der Waals surface area contributed by atoms with Gasteiger partial charge in [-0.05, 0) is 31.2 Å². The van der Waals surface area contributed by atoms with Gasteiger partial charge in [-0.3, -0.25) is 0 Å². The summed E-state index contributed by atoms with van der Waals surface area (Å²) in [6.45, 7) is 4.36. The molecule has 1 fully saturated rings. The lowest BCUT2D eigenvalue weighted by atomic mass is 9.80. The Bertz CT molecular complexity index is 335. The van der Waals surface area contributed by atoms with Crippen LogP contribution in [0.2, 0.25) is 0 Å². The smallest absolute Gasteiger partial charge is 0.119 e. The van der Waals surface area contributed by atoms with Gasteiger partial charge in [-0.15, -0.1) is 0 Å². The molecular weight excluding hydrogens is 172 g/mol. The quantitative estimate of drug-likeness (QED) is 0.718. The zero-order valence-corrected chi connectivity index (χ0v) is 9.01. The monoisotopic (exact) mass is 190 g/mol. The van der Waals surface area contributed by atoms with Crippen molar-refractivity contribution in [3.05, 3.63) is 29.3 Å². The van der Waals surface area contributed by atoms with Gasteiger partial charge < -0.3 is 5.11 Å². The first kappa shape index (κ1) is 9.57. The van der Waals surface area contributed by atoms with Crippen LogP contribution in [0.1, 0.15) is 43.7 Å². The number of aromatic hydroxyl groups is 1. The van der Waals surface area contributed by atoms with Crippen LogP contribution in [0.3, 0.4) is 0 Å². The molecule has 1 N–H and O–H groups in total. The molecule has 0 amide bonds. The summed E-state index contributed by atoms with van der Waals surface area (Å²) in [7, 11) is 0. The Labute approximate surface area is 85.8 Å². The number of phenolic OH excluding ortho intramolecular Hbond substituents is 1. The Balaban J connectivity index is 2.44. The predicted octanol–water partition coefficient (Wildman–Crippen LogP) is 3.53. The second kappa shape index (κ2) is 3.30. The number of hydrogen-bond acceptors (Lipinski definition) is 1. The minimum atomic E-state index is 0.218. The molecule has 76 valence electrons. The third-order valence-electron chi connectivity index (χ3n) is 3.51. The van der Waals surface area contributed by atoms with Crippen LogP contribution in [0.15, 0.2) is 18.2 Å². The highest BCUT2D eigenvalue weighted by Crippen LogP contribution is 2.44. The van der Waals surface area contributed by atoms with E-state index in [1.54, 1.807) is 0 Å². The standard InChI is InChI=1S/C13H18O/c1-10-5-6-12(14)11(9-10)13(2)7-3-4-8-13/h5-6,9,14H,3-4,7-8H2,1-2H3. The van der Waals surface area contributed by atoms with Gasteiger partial charge in [-0.1, -0.05) is 37.5 Å². The van der Waals surface area contributed by atoms with E-state index in [4.69, 9.17) is 0 Å². The maximum Gasteiger partial charge on any atom is 0.119 e. The van der Waals surface area contributed by atoms with E-state index in [1.165, 1.54) is 31.2 Å². The van der Waals surface area contributed by atoms with Crippen LogP contribution in [-0.2, 0) is 5.41 Å². The molecule has 1 aromatic carbocycles. The van der Waals surface area contributed by atoms with Crippen molar-refractivity contribution in [3.8, 4) is 5.75 Å². The van der Waals surface area contributed by atoms with Gasteiger partial charge in [-0.25, -0.2) is 0 Å². The summed E-state index contributed by atoms with van der Waals surface area (Å²) >= 11 is 0. The number of benzene rings is 1. The molecule has 0 radical (unpaired) electrons. The van der Waals surface area contributed by atoms with Gasteiger partial charge in [0.1, 0.15) is 5.75 Å². The molecule has 14 heavy (non-hydrogen) atoms. The van der Waals surface area contributed by atoms with Crippen LogP contribution in [0.4, 0.5) is 0 Å². The maximum absolute atomic E-state index is 9.86. The van der Waals surface area contributed by atoms with Crippen molar-refractivity contribution in [2.24, 2.45) is 0 Å². The molecule has 0 aromatic heterocycles. The molecule has 0 saturated heterocycles. The first-order valence-corrected chi connectivity index (χ1v) is 5.42. The Morgan fingerprint density at radius 1 is 1.21 bits per heavy atom. The summed E-state index contributed by atoms with van der Waals surface area (Å²) in [6.07, 6.45) is 5.02. The molecule has 0 spiro atoms. The predicted molar refractivity (Wildman–Crippen MR) is 58.7 cm³/mol. The molecule has 0 unspecified atom stereocenters. The van der Waals surface area contributed by atoms with Crippen LogP contribution in [0, 0.1) is 6.92 Å². The van der Waals surface area contributed by atoms with Crippen molar-refractivity contribution in [3.63, 3.8) is 0 Å². The van der Waals surface area contributed by atoms with Crippen molar-refractivity contribution >= 4 is 0 Å². The summed E-state index contributed by atoms with van der Waals surface area (Å²) in [5, 5.41) is 9.86. The second-order valence-electron chi connectivity index (χ2n) is 4.79. The summed E-state index contributed by atoms with van der Waals surface area (Å²) in [6, 6.07) is 5.94. The highest BCUT2D eigenvalue weighted by Gasteiger charge is 2.32. The summed E-state index contributed by atoms with van der Waals surface area (Å²) < 4.78 is 0. The molecule has 1 aliphatic rings. The van der Waals surface area contributed by atoms with E-state index in [-0.39, 0.29) is 5.41 Å². The minimum absolute atomic E-state index is 0.218. The number of rotatable bonds is 1. The Morgan fingerprint density at radius 2 is 1.86 bits per heavy atom. The molecule has 0 atom stereocenters. The molecule has 0 bridgehead atoms. The molecule has 0 aliphatic heterocycles. The topological polar surface area (TPSA) is 20.2 Å². The van der Waals surface area contributed by atoms with Crippen LogP contribution >= 0.6 is 0 Å². The van der Waals surface area contributed by atoms with Crippen LogP contribution < -0.4 is 0 Å². The van der Waals surface area contributed by atoms with Gasteiger partial charge in [0.05, 0.1) is 0 Å². The highest BCUT2D eigenvalue weighted by molar-refractivity contribution is 5.41. The fraction of sp³-hybridized carbons (Fsp3) is 0.538. The van der Waals surface area contributed by atoms with Crippen LogP contribution in [0.5, 0.6) is 5.75 Å². The second-order valence-corrected chi connectivity index (χ2v) is 4.79. The van der Waals surface area contributed by atoms with Crippen molar-refractivity contribution in [2.75, 3.05) is 0 Å². The fourth-order valence-electron chi connectivity index (χ4n) is 2.56. The SMILES string of the molecule is Cc1ccc(O)c(C2(C)CCCC2)c1. The Hall–Kier alpha value is -0.980. The van der Waals surface area contributed by atoms with Gasteiger partial charge in [0.2, 0.25) is 0 Å². The molecular formula is C13H18O. The Kier molecular flexibility index (Phi) is 2.26. The van der Waals surface area contributed by atoms with Gasteiger partial charge in [-0.2, -0.15) is 0 Å². The van der Waals surface area contributed by atoms with Gasteiger partial charge in [0.25, 0.3) is 0 Å². The minimum Gasteiger partial charge on any atom is -0.508 e. The third-order valence-corrected chi connectivity index (χ3v) is 3.51. The fourth-order valence-corrected chi connectivity index (χ4v) is 2.56. The molecule has 2 rings (SSSR count). The summed E-state index contributed by atoms with van der Waals surface area (Å²) in [4.78, 5) is 0. The van der Waals surface area contributed by atoms with Gasteiger partial charge in [0, 0.05) is 5.56 Å². The van der Waals surface area contributed by atoms with E-state index in [2.05, 4.69) is 19.9 Å². The largest absolute Gasteiger partial charge is 0.508 e. The van der Waals surface area contributed by atoms with Crippen LogP contribution in [-0.4, -0.2) is 5.11 Å². The lowest BCUT2D eigenvalue weighted by Crippen LogP contribution is -2.16. The number of phenols is 1. The molecule has 1 nitrogen and oxygen atoms in total. The van der Waals surface area contributed by atoms with Gasteiger partial charge >= 0.3 is 0 Å². The van der Waals surface area contributed by atoms with Crippen LogP contribution in [0.25, 0.3) is 0 Å². The van der Waals surface area contributed by atoms with E-state index in [1.807, 2.05) is 12.1 Å². The molecule has 0 heterocycles. The average Bonchev–Trinajstić information content (AvgIpc) is 2.58. The van der Waals surface area contributed by atoms with Crippen molar-refractivity contribution in [2.45, 2.75) is 44.9 Å². The number of hydrogen-bond donors (Lipinski definition) is 1. The maximum atomic E-state index is 9.86. The van der Waals surface area contributed by atoms with E-state index in [9.17, 15) is 5.11 Å². The third kappa shape index (κ3) is 1.52. The normalized spacial score (nSPS) is 19.9. The summed E-state index contributed by atoms with van der Waals surface area (Å²) in [5.74, 6) is 0.472. The van der Waals surface area contributed by atoms with E-state index in [0.717, 1.165) is 5.56 Å². The van der Waals surface area contributed by atoms with E-state index in [0.29, 0.717) is 5.75 Å². The van der Waals surface area contributed by atoms with Crippen molar-refractivity contribution < 1.29 is 5.11 Å². The average molecular weight is 190 g/mol. The molecule has 1 aromatic rings. The van der Waals surface area contributed by atoms with Gasteiger partial charge in [0.15, 0.2) is 0 Å². The molecule has 1 saturated carbocycles. The first-order chi connectivity index (χ1) is 6.62. The molecule has 1 aliphatic carbocycles. The first-order valence-electron chi connectivity index (χ1n) is 5.42. The molecule has 1 heteroatoms. The van der Waals surface area contributed by atoms with E-state index < -0.39 is 0 Å². The zero-order chi connectivity index (χ0) is 10.2. The van der Waals surface area contributed by atoms with Crippen molar-refractivity contribution in [1.82, 2.24) is 0 Å².